The monoisotopic (exact) mass is 434 g/mol. The van der Waals surface area contributed by atoms with Gasteiger partial charge in [-0.15, -0.1) is 0 Å². The van der Waals surface area contributed by atoms with Gasteiger partial charge in [0.2, 0.25) is 15.9 Å². The van der Waals surface area contributed by atoms with E-state index in [-0.39, 0.29) is 5.91 Å². The lowest BCUT2D eigenvalue weighted by molar-refractivity contribution is -0.122. The molecule has 0 bridgehead atoms. The van der Waals surface area contributed by atoms with Gasteiger partial charge in [-0.1, -0.05) is 19.1 Å². The number of nitrogens with one attached hydrogen (secondary N) is 1. The number of carbonyl (C=O) groups excluding carboxylic acids is 1. The van der Waals surface area contributed by atoms with Crippen molar-refractivity contribution >= 4 is 21.6 Å². The molecule has 0 saturated heterocycles. The molecule has 1 amide bonds. The number of aryl methyl sites for hydroxylation is 1. The maximum absolute atomic E-state index is 12.8. The smallest absolute Gasteiger partial charge is 0.243 e. The summed E-state index contributed by atoms with van der Waals surface area (Å²) in [6, 6.07) is 13.6. The minimum atomic E-state index is -3.65. The van der Waals surface area contributed by atoms with Gasteiger partial charge >= 0.3 is 0 Å². The molecule has 0 aliphatic rings. The maximum Gasteiger partial charge on any atom is 0.243 e. The van der Waals surface area contributed by atoms with E-state index in [0.717, 1.165) is 30.4 Å². The van der Waals surface area contributed by atoms with Crippen molar-refractivity contribution in [2.75, 3.05) is 31.3 Å². The zero-order chi connectivity index (χ0) is 22.1. The fourth-order valence-corrected chi connectivity index (χ4v) is 4.42. The summed E-state index contributed by atoms with van der Waals surface area (Å²) in [5.41, 5.74) is 1.58. The van der Waals surface area contributed by atoms with Crippen LogP contribution in [0.1, 0.15) is 25.3 Å². The lowest BCUT2D eigenvalue weighted by Gasteiger charge is -2.30. The standard InChI is InChI=1S/C22H30N2O5S/c1-5-21(24(30(4,26)27)18-10-14-20(29-3)15-11-18)22(25)23-16-6-7-17-8-12-19(28-2)13-9-17/h8-15,21H,5-7,16H2,1-4H3,(H,23,25). The molecule has 1 atom stereocenters. The molecule has 164 valence electrons. The van der Waals surface area contributed by atoms with E-state index in [4.69, 9.17) is 9.47 Å². The molecule has 0 aromatic heterocycles. The first-order valence-electron chi connectivity index (χ1n) is 9.84. The normalized spacial score (nSPS) is 12.1. The number of benzene rings is 2. The van der Waals surface area contributed by atoms with Gasteiger partial charge in [-0.2, -0.15) is 0 Å². The second-order valence-corrected chi connectivity index (χ2v) is 8.78. The Hall–Kier alpha value is -2.74. The van der Waals surface area contributed by atoms with Crippen LogP contribution in [0.3, 0.4) is 0 Å². The Labute approximate surface area is 179 Å². The van der Waals surface area contributed by atoms with E-state index < -0.39 is 16.1 Å². The summed E-state index contributed by atoms with van der Waals surface area (Å²) in [6.45, 7) is 2.25. The first-order valence-corrected chi connectivity index (χ1v) is 11.7. The lowest BCUT2D eigenvalue weighted by Crippen LogP contribution is -2.49. The van der Waals surface area contributed by atoms with Gasteiger partial charge in [-0.05, 0) is 61.2 Å². The SMILES string of the molecule is CCC(C(=O)NCCCc1ccc(OC)cc1)N(c1ccc(OC)cc1)S(C)(=O)=O. The Bertz CT molecular complexity index is 912. The van der Waals surface area contributed by atoms with Crippen molar-refractivity contribution in [3.05, 3.63) is 54.1 Å². The van der Waals surface area contributed by atoms with Gasteiger partial charge in [0.1, 0.15) is 17.5 Å². The summed E-state index contributed by atoms with van der Waals surface area (Å²) < 4.78 is 36.4. The van der Waals surface area contributed by atoms with Gasteiger partial charge in [0.05, 0.1) is 26.2 Å². The minimum absolute atomic E-state index is 0.312. The third kappa shape index (κ3) is 6.38. The van der Waals surface area contributed by atoms with E-state index in [2.05, 4.69) is 5.32 Å². The molecule has 8 heteroatoms. The fraction of sp³-hybridized carbons (Fsp3) is 0.409. The second kappa shape index (κ2) is 10.9. The molecule has 2 rings (SSSR count). The van der Waals surface area contributed by atoms with Gasteiger partial charge in [0, 0.05) is 6.54 Å². The molecule has 0 spiro atoms. The summed E-state index contributed by atoms with van der Waals surface area (Å²) in [4.78, 5) is 12.8. The first-order chi connectivity index (χ1) is 14.3. The van der Waals surface area contributed by atoms with Crippen LogP contribution in [0, 0.1) is 0 Å². The number of amides is 1. The average Bonchev–Trinajstić information content (AvgIpc) is 2.74. The summed E-state index contributed by atoms with van der Waals surface area (Å²) >= 11 is 0. The lowest BCUT2D eigenvalue weighted by atomic mass is 10.1. The molecule has 0 fully saturated rings. The van der Waals surface area contributed by atoms with Crippen LogP contribution in [-0.4, -0.2) is 47.4 Å². The summed E-state index contributed by atoms with van der Waals surface area (Å²) in [5, 5.41) is 2.88. The largest absolute Gasteiger partial charge is 0.497 e. The van der Waals surface area contributed by atoms with Crippen LogP contribution in [0.15, 0.2) is 48.5 Å². The number of hydrogen-bond donors (Lipinski definition) is 1. The van der Waals surface area contributed by atoms with Crippen molar-refractivity contribution in [2.45, 2.75) is 32.2 Å². The Morgan fingerprint density at radius 3 is 2.00 bits per heavy atom. The van der Waals surface area contributed by atoms with Crippen LogP contribution in [0.4, 0.5) is 5.69 Å². The Morgan fingerprint density at radius 1 is 1.00 bits per heavy atom. The van der Waals surface area contributed by atoms with Crippen LogP contribution >= 0.6 is 0 Å². The zero-order valence-electron chi connectivity index (χ0n) is 17.9. The highest BCUT2D eigenvalue weighted by atomic mass is 32.2. The first kappa shape index (κ1) is 23.5. The third-order valence-corrected chi connectivity index (χ3v) is 5.94. The second-order valence-electron chi connectivity index (χ2n) is 6.92. The molecule has 30 heavy (non-hydrogen) atoms. The van der Waals surface area contributed by atoms with Gasteiger partial charge in [-0.25, -0.2) is 8.42 Å². The average molecular weight is 435 g/mol. The summed E-state index contributed by atoms with van der Waals surface area (Å²) in [5.74, 6) is 1.11. The van der Waals surface area contributed by atoms with Gasteiger partial charge in [-0.3, -0.25) is 9.10 Å². The number of carbonyl (C=O) groups is 1. The van der Waals surface area contributed by atoms with Crippen molar-refractivity contribution in [1.82, 2.24) is 5.32 Å². The van der Waals surface area contributed by atoms with E-state index in [1.165, 1.54) is 11.4 Å². The highest BCUT2D eigenvalue weighted by Gasteiger charge is 2.31. The molecule has 1 N–H and O–H groups in total. The molecule has 0 heterocycles. The molecule has 0 aliphatic heterocycles. The molecule has 7 nitrogen and oxygen atoms in total. The predicted octanol–water partition coefficient (Wildman–Crippen LogP) is 3.00. The quantitative estimate of drug-likeness (QED) is 0.550. The van der Waals surface area contributed by atoms with Crippen molar-refractivity contribution in [2.24, 2.45) is 0 Å². The molecule has 1 unspecified atom stereocenters. The molecule has 0 saturated carbocycles. The number of sulfonamides is 1. The Morgan fingerprint density at radius 2 is 1.53 bits per heavy atom. The van der Waals surface area contributed by atoms with Gasteiger partial charge < -0.3 is 14.8 Å². The van der Waals surface area contributed by atoms with Crippen LogP contribution in [0.2, 0.25) is 0 Å². The van der Waals surface area contributed by atoms with Crippen LogP contribution < -0.4 is 19.1 Å². The van der Waals surface area contributed by atoms with Gasteiger partial charge in [0.25, 0.3) is 0 Å². The summed E-state index contributed by atoms with van der Waals surface area (Å²) in [7, 11) is -0.490. The van der Waals surface area contributed by atoms with Crippen molar-refractivity contribution in [3.8, 4) is 11.5 Å². The van der Waals surface area contributed by atoms with Crippen LogP contribution in [0.25, 0.3) is 0 Å². The van der Waals surface area contributed by atoms with Gasteiger partial charge in [0.15, 0.2) is 0 Å². The maximum atomic E-state index is 12.8. The molecular formula is C22H30N2O5S. The van der Waals surface area contributed by atoms with E-state index in [1.54, 1.807) is 38.3 Å². The number of anilines is 1. The zero-order valence-corrected chi connectivity index (χ0v) is 18.7. The number of methoxy groups -OCH3 is 2. The molecule has 2 aromatic rings. The highest BCUT2D eigenvalue weighted by molar-refractivity contribution is 7.92. The third-order valence-electron chi connectivity index (χ3n) is 4.76. The number of ether oxygens (including phenoxy) is 2. The molecule has 2 aromatic carbocycles. The molecule has 0 aliphatic carbocycles. The predicted molar refractivity (Wildman–Crippen MR) is 119 cm³/mol. The van der Waals surface area contributed by atoms with E-state index in [1.807, 2.05) is 24.3 Å². The number of rotatable bonds is 11. The van der Waals surface area contributed by atoms with Crippen molar-refractivity contribution in [1.29, 1.82) is 0 Å². The van der Waals surface area contributed by atoms with E-state index in [9.17, 15) is 13.2 Å². The van der Waals surface area contributed by atoms with Crippen LogP contribution in [-0.2, 0) is 21.2 Å². The minimum Gasteiger partial charge on any atom is -0.497 e. The van der Waals surface area contributed by atoms with E-state index in [0.29, 0.717) is 24.4 Å². The Balaban J connectivity index is 2.02. The molecule has 0 radical (unpaired) electrons. The number of hydrogen-bond acceptors (Lipinski definition) is 5. The van der Waals surface area contributed by atoms with E-state index >= 15 is 0 Å². The van der Waals surface area contributed by atoms with Crippen molar-refractivity contribution < 1.29 is 22.7 Å². The molecular weight excluding hydrogens is 404 g/mol. The number of nitrogens with zero attached hydrogens (tertiary/aromatic N) is 1. The highest BCUT2D eigenvalue weighted by Crippen LogP contribution is 2.25. The fourth-order valence-electron chi connectivity index (χ4n) is 3.20. The van der Waals surface area contributed by atoms with Crippen LogP contribution in [0.5, 0.6) is 11.5 Å². The topological polar surface area (TPSA) is 84.9 Å². The summed E-state index contributed by atoms with van der Waals surface area (Å²) in [6.07, 6.45) is 3.01. The Kier molecular flexibility index (Phi) is 8.53. The van der Waals surface area contributed by atoms with Crippen molar-refractivity contribution in [3.63, 3.8) is 0 Å².